The van der Waals surface area contributed by atoms with Gasteiger partial charge in [0.1, 0.15) is 6.61 Å². The number of benzene rings is 2. The lowest BCUT2D eigenvalue weighted by Gasteiger charge is -2.23. The van der Waals surface area contributed by atoms with Crippen LogP contribution in [0.3, 0.4) is 0 Å². The molecule has 0 N–H and O–H groups in total. The maximum absolute atomic E-state index is 12.7. The number of aromatic nitrogens is 1. The van der Waals surface area contributed by atoms with Crippen molar-refractivity contribution in [1.82, 2.24) is 4.57 Å². The van der Waals surface area contributed by atoms with Gasteiger partial charge in [-0.25, -0.2) is 0 Å². The number of nitro groups is 1. The van der Waals surface area contributed by atoms with E-state index >= 15 is 0 Å². The molecule has 0 bridgehead atoms. The molecule has 3 aromatic rings. The number of carbonyl (C=O) groups is 1. The summed E-state index contributed by atoms with van der Waals surface area (Å²) in [5.74, 6) is 0.596. The molecule has 0 unspecified atom stereocenters. The van der Waals surface area contributed by atoms with Crippen molar-refractivity contribution in [2.45, 2.75) is 12.6 Å². The fourth-order valence-corrected chi connectivity index (χ4v) is 4.06. The Morgan fingerprint density at radius 1 is 1.34 bits per heavy atom. The Labute approximate surface area is 168 Å². The van der Waals surface area contributed by atoms with Gasteiger partial charge in [-0.1, -0.05) is 23.5 Å². The van der Waals surface area contributed by atoms with Crippen LogP contribution in [0, 0.1) is 10.1 Å². The minimum Gasteiger partial charge on any atom is -0.485 e. The molecular weight excluding hydrogens is 398 g/mol. The standard InChI is InChI=1S/C19H17N3O6S/c1-26-9-8-21-13-7-6-12(22(24)25)10-17(13)29-19(21)20-18(23)16-11-27-14-4-2-3-5-15(14)28-16/h2-7,10,16H,8-9,11H2,1H3/t16-/m0/s1. The number of nitrogens with zero attached hydrogens (tertiary/aromatic N) is 3. The molecule has 1 amide bonds. The van der Waals surface area contributed by atoms with E-state index in [0.29, 0.717) is 34.2 Å². The summed E-state index contributed by atoms with van der Waals surface area (Å²) in [6, 6.07) is 11.7. The van der Waals surface area contributed by atoms with Gasteiger partial charge in [0.2, 0.25) is 6.10 Å². The third kappa shape index (κ3) is 3.84. The number of fused-ring (bicyclic) bond motifs is 2. The number of nitro benzene ring substituents is 1. The number of rotatable bonds is 5. The molecule has 0 saturated carbocycles. The fourth-order valence-electron chi connectivity index (χ4n) is 2.97. The van der Waals surface area contributed by atoms with Crippen LogP contribution < -0.4 is 14.3 Å². The summed E-state index contributed by atoms with van der Waals surface area (Å²) in [4.78, 5) is 28.0. The van der Waals surface area contributed by atoms with Crippen LogP contribution in [0.5, 0.6) is 11.5 Å². The molecule has 2 aromatic carbocycles. The van der Waals surface area contributed by atoms with Gasteiger partial charge in [-0.2, -0.15) is 4.99 Å². The summed E-state index contributed by atoms with van der Waals surface area (Å²) < 4.78 is 18.9. The molecule has 29 heavy (non-hydrogen) atoms. The fraction of sp³-hybridized carbons (Fsp3) is 0.263. The predicted octanol–water partition coefficient (Wildman–Crippen LogP) is 2.52. The summed E-state index contributed by atoms with van der Waals surface area (Å²) in [5, 5.41) is 11.1. The maximum Gasteiger partial charge on any atom is 0.292 e. The first-order valence-electron chi connectivity index (χ1n) is 8.80. The van der Waals surface area contributed by atoms with Crippen LogP contribution in [0.2, 0.25) is 0 Å². The molecular formula is C19H17N3O6S. The molecule has 1 aliphatic heterocycles. The van der Waals surface area contributed by atoms with Crippen molar-refractivity contribution in [2.24, 2.45) is 4.99 Å². The van der Waals surface area contributed by atoms with E-state index < -0.39 is 16.9 Å². The van der Waals surface area contributed by atoms with Crippen LogP contribution in [-0.4, -0.2) is 41.8 Å². The molecule has 0 spiro atoms. The van der Waals surface area contributed by atoms with Gasteiger partial charge in [-0.15, -0.1) is 0 Å². The summed E-state index contributed by atoms with van der Waals surface area (Å²) >= 11 is 1.20. The first kappa shape index (κ1) is 19.1. The van der Waals surface area contributed by atoms with Gasteiger partial charge in [0.05, 0.1) is 21.7 Å². The number of ether oxygens (including phenoxy) is 3. The quantitative estimate of drug-likeness (QED) is 0.468. The third-order valence-electron chi connectivity index (χ3n) is 4.39. The largest absolute Gasteiger partial charge is 0.485 e. The number of hydrogen-bond acceptors (Lipinski definition) is 7. The molecule has 150 valence electrons. The van der Waals surface area contributed by atoms with Crippen LogP contribution in [0.25, 0.3) is 10.2 Å². The summed E-state index contributed by atoms with van der Waals surface area (Å²) in [6.07, 6.45) is -0.861. The molecule has 0 aliphatic carbocycles. The van der Waals surface area contributed by atoms with Crippen molar-refractivity contribution in [1.29, 1.82) is 0 Å². The zero-order chi connectivity index (χ0) is 20.4. The van der Waals surface area contributed by atoms with Crippen LogP contribution in [0.15, 0.2) is 47.5 Å². The van der Waals surface area contributed by atoms with Gasteiger partial charge in [0.15, 0.2) is 16.3 Å². The van der Waals surface area contributed by atoms with E-state index in [4.69, 9.17) is 14.2 Å². The lowest BCUT2D eigenvalue weighted by molar-refractivity contribution is -0.384. The lowest BCUT2D eigenvalue weighted by Crippen LogP contribution is -2.37. The van der Waals surface area contributed by atoms with E-state index in [9.17, 15) is 14.9 Å². The maximum atomic E-state index is 12.7. The van der Waals surface area contributed by atoms with Crippen molar-refractivity contribution < 1.29 is 23.9 Å². The zero-order valence-electron chi connectivity index (χ0n) is 15.4. The second-order valence-electron chi connectivity index (χ2n) is 6.25. The Morgan fingerprint density at radius 2 is 2.14 bits per heavy atom. The predicted molar refractivity (Wildman–Crippen MR) is 105 cm³/mol. The first-order chi connectivity index (χ1) is 14.1. The van der Waals surface area contributed by atoms with Crippen molar-refractivity contribution >= 4 is 33.1 Å². The average Bonchev–Trinajstić information content (AvgIpc) is 3.07. The highest BCUT2D eigenvalue weighted by Crippen LogP contribution is 2.31. The highest BCUT2D eigenvalue weighted by atomic mass is 32.1. The van der Waals surface area contributed by atoms with E-state index in [1.165, 1.54) is 23.5 Å². The van der Waals surface area contributed by atoms with Gasteiger partial charge in [0, 0.05) is 25.8 Å². The molecule has 10 heteroatoms. The summed E-state index contributed by atoms with van der Waals surface area (Å²) in [7, 11) is 1.58. The Balaban J connectivity index is 1.70. The Bertz CT molecular complexity index is 1150. The van der Waals surface area contributed by atoms with Crippen LogP contribution in [0.1, 0.15) is 0 Å². The number of para-hydroxylation sites is 2. The van der Waals surface area contributed by atoms with Gasteiger partial charge in [0.25, 0.3) is 11.6 Å². The number of non-ortho nitro benzene ring substituents is 1. The van der Waals surface area contributed by atoms with Crippen LogP contribution in [0.4, 0.5) is 5.69 Å². The molecule has 0 fully saturated rings. The smallest absolute Gasteiger partial charge is 0.292 e. The molecule has 4 rings (SSSR count). The van der Waals surface area contributed by atoms with Crippen LogP contribution in [-0.2, 0) is 16.1 Å². The molecule has 0 radical (unpaired) electrons. The van der Waals surface area contributed by atoms with Crippen molar-refractivity contribution in [3.8, 4) is 11.5 Å². The molecule has 1 atom stereocenters. The van der Waals surface area contributed by atoms with E-state index in [-0.39, 0.29) is 12.3 Å². The summed E-state index contributed by atoms with van der Waals surface area (Å²) in [6.45, 7) is 0.916. The number of carbonyl (C=O) groups excluding carboxylic acids is 1. The zero-order valence-corrected chi connectivity index (χ0v) is 16.3. The Morgan fingerprint density at radius 3 is 2.90 bits per heavy atom. The van der Waals surface area contributed by atoms with Crippen LogP contribution >= 0.6 is 11.3 Å². The number of thiazole rings is 1. The van der Waals surface area contributed by atoms with E-state index in [1.54, 1.807) is 31.4 Å². The normalized spacial score (nSPS) is 16.2. The minimum atomic E-state index is -0.861. The number of methoxy groups -OCH3 is 1. The first-order valence-corrected chi connectivity index (χ1v) is 9.62. The van der Waals surface area contributed by atoms with Crippen molar-refractivity contribution in [3.63, 3.8) is 0 Å². The topological polar surface area (TPSA) is 105 Å². The van der Waals surface area contributed by atoms with E-state index in [0.717, 1.165) is 5.52 Å². The van der Waals surface area contributed by atoms with Gasteiger partial charge in [-0.3, -0.25) is 14.9 Å². The Kier molecular flexibility index (Phi) is 5.28. The average molecular weight is 415 g/mol. The SMILES string of the molecule is COCCn1c(=NC(=O)[C@@H]2COc3ccccc3O2)sc2cc([N+](=O)[O-])ccc21. The van der Waals surface area contributed by atoms with Gasteiger partial charge >= 0.3 is 0 Å². The van der Waals surface area contributed by atoms with Gasteiger partial charge in [-0.05, 0) is 18.2 Å². The minimum absolute atomic E-state index is 0.0175. The molecule has 2 heterocycles. The molecule has 9 nitrogen and oxygen atoms in total. The highest BCUT2D eigenvalue weighted by molar-refractivity contribution is 7.16. The van der Waals surface area contributed by atoms with E-state index in [2.05, 4.69) is 4.99 Å². The monoisotopic (exact) mass is 415 g/mol. The summed E-state index contributed by atoms with van der Waals surface area (Å²) in [5.41, 5.74) is 0.728. The molecule has 1 aromatic heterocycles. The Hall–Kier alpha value is -3.24. The second kappa shape index (κ2) is 8.02. The third-order valence-corrected chi connectivity index (χ3v) is 5.43. The van der Waals surface area contributed by atoms with Crippen molar-refractivity contribution in [3.05, 3.63) is 57.4 Å². The molecule has 1 aliphatic rings. The van der Waals surface area contributed by atoms with Crippen molar-refractivity contribution in [2.75, 3.05) is 20.3 Å². The highest BCUT2D eigenvalue weighted by Gasteiger charge is 2.27. The molecule has 0 saturated heterocycles. The van der Waals surface area contributed by atoms with E-state index in [1.807, 2.05) is 10.6 Å². The van der Waals surface area contributed by atoms with Gasteiger partial charge < -0.3 is 18.8 Å². The number of amides is 1. The lowest BCUT2D eigenvalue weighted by atomic mass is 10.2. The number of hydrogen-bond donors (Lipinski definition) is 0. The second-order valence-corrected chi connectivity index (χ2v) is 7.26.